The van der Waals surface area contributed by atoms with Crippen LogP contribution in [0.5, 0.6) is 5.75 Å². The van der Waals surface area contributed by atoms with E-state index in [0.29, 0.717) is 21.9 Å². The number of pyridine rings is 1. The quantitative estimate of drug-likeness (QED) is 0.530. The largest absolute Gasteiger partial charge is 0.491 e. The minimum atomic E-state index is -1.05. The van der Waals surface area contributed by atoms with E-state index in [1.54, 1.807) is 17.9 Å². The molecule has 0 spiro atoms. The second kappa shape index (κ2) is 6.59. The predicted octanol–water partition coefficient (Wildman–Crippen LogP) is 3.33. The Labute approximate surface area is 173 Å². The number of hydrogen-bond acceptors (Lipinski definition) is 5. The molecule has 0 unspecified atom stereocenters. The molecule has 0 bridgehead atoms. The van der Waals surface area contributed by atoms with Gasteiger partial charge in [-0.2, -0.15) is 5.10 Å². The number of nitrogens with zero attached hydrogens (tertiary/aromatic N) is 4. The van der Waals surface area contributed by atoms with E-state index >= 15 is 0 Å². The number of likely N-dealkylation sites (N-methyl/N-ethyl adjacent to an activating group) is 1. The van der Waals surface area contributed by atoms with Crippen molar-refractivity contribution in [3.8, 4) is 5.75 Å². The smallest absolute Gasteiger partial charge is 0.257 e. The lowest BCUT2D eigenvalue weighted by molar-refractivity contribution is 0.0704. The second-order valence-corrected chi connectivity index (χ2v) is 7.42. The highest BCUT2D eigenvalue weighted by Crippen LogP contribution is 2.38. The molecule has 2 aromatic carbocycles. The number of benzene rings is 2. The third-order valence-electron chi connectivity index (χ3n) is 5.62. The fourth-order valence-corrected chi connectivity index (χ4v) is 3.98. The number of amides is 1. The third kappa shape index (κ3) is 2.78. The van der Waals surface area contributed by atoms with Gasteiger partial charge in [0.1, 0.15) is 24.0 Å². The van der Waals surface area contributed by atoms with Crippen LogP contribution in [0.15, 0.2) is 30.5 Å². The van der Waals surface area contributed by atoms with Crippen molar-refractivity contribution in [2.24, 2.45) is 7.05 Å². The van der Waals surface area contributed by atoms with Crippen LogP contribution in [0.2, 0.25) is 0 Å². The number of nitrogen functional groups attached to an aromatic ring is 1. The van der Waals surface area contributed by atoms with E-state index in [9.17, 15) is 18.0 Å². The van der Waals surface area contributed by atoms with Gasteiger partial charge < -0.3 is 15.4 Å². The topological polar surface area (TPSA) is 86.3 Å². The number of rotatable bonds is 2. The summed E-state index contributed by atoms with van der Waals surface area (Å²) in [6.07, 6.45) is 1.55. The van der Waals surface area contributed by atoms with Gasteiger partial charge in [0.25, 0.3) is 5.91 Å². The van der Waals surface area contributed by atoms with Crippen LogP contribution < -0.4 is 10.5 Å². The summed E-state index contributed by atoms with van der Waals surface area (Å²) < 4.78 is 49.1. The monoisotopic (exact) mass is 427 g/mol. The zero-order chi connectivity index (χ0) is 22.0. The van der Waals surface area contributed by atoms with Gasteiger partial charge in [0.15, 0.2) is 11.6 Å². The number of fused-ring (bicyclic) bond motifs is 4. The molecule has 0 saturated carbocycles. The first kappa shape index (κ1) is 19.2. The molecule has 0 fully saturated rings. The summed E-state index contributed by atoms with van der Waals surface area (Å²) in [6, 6.07) is 3.78. The molecule has 10 heteroatoms. The molecule has 1 aliphatic heterocycles. The number of aryl methyl sites for hydroxylation is 1. The van der Waals surface area contributed by atoms with Crippen molar-refractivity contribution in [3.05, 3.63) is 59.0 Å². The van der Waals surface area contributed by atoms with Crippen LogP contribution in [0, 0.1) is 17.5 Å². The Bertz CT molecular complexity index is 1400. The molecule has 0 radical (unpaired) electrons. The van der Waals surface area contributed by atoms with Gasteiger partial charge in [-0.05, 0) is 12.1 Å². The lowest BCUT2D eigenvalue weighted by atomic mass is 10.0. The maximum atomic E-state index is 14.9. The van der Waals surface area contributed by atoms with Crippen molar-refractivity contribution >= 4 is 33.5 Å². The first-order valence-corrected chi connectivity index (χ1v) is 9.35. The molecule has 1 amide bonds. The number of ether oxygens (including phenoxy) is 1. The van der Waals surface area contributed by atoms with Crippen LogP contribution in [0.1, 0.15) is 22.0 Å². The Morgan fingerprint density at radius 2 is 1.90 bits per heavy atom. The number of nitrogens with two attached hydrogens (primary N) is 1. The Balaban J connectivity index is 1.60. The Hall–Kier alpha value is -3.82. The Morgan fingerprint density at radius 1 is 1.16 bits per heavy atom. The highest BCUT2D eigenvalue weighted by molar-refractivity contribution is 6.10. The molecule has 0 aliphatic carbocycles. The van der Waals surface area contributed by atoms with Gasteiger partial charge in [0, 0.05) is 37.2 Å². The molecule has 1 atom stereocenters. The average Bonchev–Trinajstić information content (AvgIpc) is 3.31. The maximum Gasteiger partial charge on any atom is 0.257 e. The third-order valence-corrected chi connectivity index (χ3v) is 5.62. The molecule has 2 N–H and O–H groups in total. The number of carbonyl (C=O) groups excluding carboxylic acids is 1. The van der Waals surface area contributed by atoms with E-state index in [1.807, 2.05) is 0 Å². The molecular weight excluding hydrogens is 411 g/mol. The molecule has 0 saturated heterocycles. The van der Waals surface area contributed by atoms with Gasteiger partial charge in [0.05, 0.1) is 34.2 Å². The van der Waals surface area contributed by atoms with E-state index in [0.717, 1.165) is 18.2 Å². The summed E-state index contributed by atoms with van der Waals surface area (Å²) in [6.45, 7) is -0.000266. The lowest BCUT2D eigenvalue weighted by Crippen LogP contribution is -2.32. The predicted molar refractivity (Wildman–Crippen MR) is 107 cm³/mol. The molecule has 1 aliphatic rings. The zero-order valence-electron chi connectivity index (χ0n) is 16.5. The molecule has 31 heavy (non-hydrogen) atoms. The van der Waals surface area contributed by atoms with Crippen LogP contribution in [0.3, 0.4) is 0 Å². The molecular formula is C21H16F3N5O2. The van der Waals surface area contributed by atoms with E-state index in [2.05, 4.69) is 10.1 Å². The number of carbonyl (C=O) groups is 1. The number of halogens is 3. The minimum Gasteiger partial charge on any atom is -0.491 e. The summed E-state index contributed by atoms with van der Waals surface area (Å²) in [5, 5.41) is 5.27. The molecule has 5 rings (SSSR count). The summed E-state index contributed by atoms with van der Waals surface area (Å²) in [4.78, 5) is 18.6. The van der Waals surface area contributed by atoms with Crippen molar-refractivity contribution in [3.63, 3.8) is 0 Å². The van der Waals surface area contributed by atoms with Gasteiger partial charge in [-0.25, -0.2) is 18.2 Å². The number of anilines is 1. The molecule has 3 heterocycles. The Kier molecular flexibility index (Phi) is 4.07. The van der Waals surface area contributed by atoms with Crippen LogP contribution in [-0.4, -0.2) is 39.2 Å². The summed E-state index contributed by atoms with van der Waals surface area (Å²) >= 11 is 0. The number of aromatic nitrogens is 3. The lowest BCUT2D eigenvalue weighted by Gasteiger charge is -2.24. The van der Waals surface area contributed by atoms with E-state index in [4.69, 9.17) is 10.5 Å². The molecule has 158 valence electrons. The first-order valence-electron chi connectivity index (χ1n) is 9.35. The van der Waals surface area contributed by atoms with E-state index in [1.165, 1.54) is 18.0 Å². The van der Waals surface area contributed by atoms with Crippen LogP contribution in [0.4, 0.5) is 19.0 Å². The second-order valence-electron chi connectivity index (χ2n) is 7.42. The van der Waals surface area contributed by atoms with Gasteiger partial charge in [0.2, 0.25) is 0 Å². The van der Waals surface area contributed by atoms with Crippen molar-refractivity contribution in [2.45, 2.75) is 6.04 Å². The van der Waals surface area contributed by atoms with Gasteiger partial charge in [-0.15, -0.1) is 0 Å². The van der Waals surface area contributed by atoms with Crippen molar-refractivity contribution < 1.29 is 22.7 Å². The fraction of sp³-hybridized carbons (Fsp3) is 0.190. The summed E-state index contributed by atoms with van der Waals surface area (Å²) in [5.74, 6) is -3.14. The Morgan fingerprint density at radius 3 is 2.68 bits per heavy atom. The molecule has 2 aromatic heterocycles. The van der Waals surface area contributed by atoms with Crippen LogP contribution >= 0.6 is 0 Å². The van der Waals surface area contributed by atoms with Crippen LogP contribution in [0.25, 0.3) is 21.8 Å². The average molecular weight is 427 g/mol. The molecule has 7 nitrogen and oxygen atoms in total. The molecule has 4 aromatic rings. The highest BCUT2D eigenvalue weighted by atomic mass is 19.2. The highest BCUT2D eigenvalue weighted by Gasteiger charge is 2.33. The van der Waals surface area contributed by atoms with E-state index in [-0.39, 0.29) is 29.3 Å². The van der Waals surface area contributed by atoms with Crippen LogP contribution in [-0.2, 0) is 7.05 Å². The standard InChI is InChI=1S/C21H16F3N5O2/c1-28(17-8-31-18-6-15(24)14(23)4-11(17)18)21(30)9-3-10-16(5-13(9)22)27-20(25)12-7-26-29(2)19(10)12/h3-7,17H,8H2,1-2H3,(H2,25,27)/t17-/m1/s1. The fourth-order valence-electron chi connectivity index (χ4n) is 3.98. The van der Waals surface area contributed by atoms with Gasteiger partial charge in [-0.1, -0.05) is 0 Å². The summed E-state index contributed by atoms with van der Waals surface area (Å²) in [5.41, 5.74) is 6.98. The van der Waals surface area contributed by atoms with Crippen molar-refractivity contribution in [2.75, 3.05) is 19.4 Å². The normalized spacial score (nSPS) is 15.3. The minimum absolute atomic E-state index is 0.000266. The van der Waals surface area contributed by atoms with Crippen molar-refractivity contribution in [1.82, 2.24) is 19.7 Å². The van der Waals surface area contributed by atoms with Crippen molar-refractivity contribution in [1.29, 1.82) is 0 Å². The van der Waals surface area contributed by atoms with Gasteiger partial charge >= 0.3 is 0 Å². The number of hydrogen-bond donors (Lipinski definition) is 1. The van der Waals surface area contributed by atoms with Gasteiger partial charge in [-0.3, -0.25) is 9.48 Å². The van der Waals surface area contributed by atoms with E-state index < -0.39 is 29.4 Å². The summed E-state index contributed by atoms with van der Waals surface area (Å²) in [7, 11) is 3.16. The first-order chi connectivity index (χ1) is 14.8. The zero-order valence-corrected chi connectivity index (χ0v) is 16.5. The maximum absolute atomic E-state index is 14.9. The SMILES string of the molecule is CN(C(=O)c1cc2c(cc1F)nc(N)c1cnn(C)c12)[C@@H]1COc2cc(F)c(F)cc21.